The third-order valence-electron chi connectivity index (χ3n) is 8.09. The molecule has 2 fully saturated rings. The number of carbonyl (C=O) groups excluding carboxylic acids is 2. The maximum atomic E-state index is 15.2. The number of nitrogens with zero attached hydrogens (tertiary/aromatic N) is 4. The lowest BCUT2D eigenvalue weighted by Crippen LogP contribution is -2.38. The fraction of sp³-hybridized carbons (Fsp3) is 0.357. The van der Waals surface area contributed by atoms with Gasteiger partial charge in [-0.25, -0.2) is 13.9 Å². The lowest BCUT2D eigenvalue weighted by atomic mass is 10.0. The number of nitrogens with two attached hydrogens (primary N) is 1. The van der Waals surface area contributed by atoms with E-state index in [4.69, 9.17) is 5.73 Å². The number of halogens is 2. The molecule has 2 saturated carbocycles. The first-order valence-corrected chi connectivity index (χ1v) is 13.7. The SMILES string of the molecule is C[C@@H]1c2cc(F)sc2CCN1C(=O)c1cc(C2CC2)n2nc(-c3ccc([C@H]4C[C@@H]4C(N)=O)cc3F)cc2n1.S.S. The fourth-order valence-corrected chi connectivity index (χ4v) is 6.68. The van der Waals surface area contributed by atoms with Gasteiger partial charge in [0.2, 0.25) is 5.91 Å². The second-order valence-electron chi connectivity index (χ2n) is 10.6. The molecule has 4 aromatic rings. The molecule has 0 bridgehead atoms. The Morgan fingerprint density at radius 2 is 1.88 bits per heavy atom. The highest BCUT2D eigenvalue weighted by molar-refractivity contribution is 7.59. The molecule has 210 valence electrons. The molecule has 1 aliphatic heterocycles. The second-order valence-corrected chi connectivity index (χ2v) is 11.7. The Bertz CT molecular complexity index is 1650. The van der Waals surface area contributed by atoms with Crippen molar-refractivity contribution in [1.82, 2.24) is 19.5 Å². The minimum absolute atomic E-state index is 0. The van der Waals surface area contributed by atoms with E-state index in [0.29, 0.717) is 42.0 Å². The topological polar surface area (TPSA) is 93.6 Å². The molecule has 7 rings (SSSR count). The summed E-state index contributed by atoms with van der Waals surface area (Å²) in [6, 6.07) is 9.74. The van der Waals surface area contributed by atoms with Crippen molar-refractivity contribution in [3.8, 4) is 11.3 Å². The van der Waals surface area contributed by atoms with Gasteiger partial charge < -0.3 is 10.6 Å². The van der Waals surface area contributed by atoms with Crippen LogP contribution in [0.15, 0.2) is 36.4 Å². The van der Waals surface area contributed by atoms with E-state index in [1.807, 2.05) is 13.0 Å². The van der Waals surface area contributed by atoms with E-state index < -0.39 is 5.82 Å². The number of thiophene rings is 1. The number of carbonyl (C=O) groups is 2. The van der Waals surface area contributed by atoms with E-state index in [1.165, 1.54) is 12.1 Å². The molecule has 2 N–H and O–H groups in total. The maximum Gasteiger partial charge on any atom is 0.273 e. The predicted octanol–water partition coefficient (Wildman–Crippen LogP) is 5.19. The number of benzene rings is 1. The van der Waals surface area contributed by atoms with Gasteiger partial charge in [-0.15, -0.1) is 11.3 Å². The molecule has 2 amide bonds. The quantitative estimate of drug-likeness (QED) is 0.341. The molecule has 0 unspecified atom stereocenters. The van der Waals surface area contributed by atoms with Crippen molar-refractivity contribution in [2.24, 2.45) is 11.7 Å². The van der Waals surface area contributed by atoms with Crippen molar-refractivity contribution in [1.29, 1.82) is 0 Å². The first-order chi connectivity index (χ1) is 18.3. The second kappa shape index (κ2) is 10.5. The smallest absolute Gasteiger partial charge is 0.273 e. The van der Waals surface area contributed by atoms with Gasteiger partial charge in [-0.1, -0.05) is 6.07 Å². The summed E-state index contributed by atoms with van der Waals surface area (Å²) in [5, 5.41) is 4.44. The highest BCUT2D eigenvalue weighted by atomic mass is 32.1. The van der Waals surface area contributed by atoms with E-state index in [0.717, 1.165) is 45.9 Å². The highest BCUT2D eigenvalue weighted by Crippen LogP contribution is 2.48. The summed E-state index contributed by atoms with van der Waals surface area (Å²) in [6.07, 6.45) is 3.24. The van der Waals surface area contributed by atoms with Gasteiger partial charge in [0.15, 0.2) is 10.8 Å². The molecule has 4 heterocycles. The first kappa shape index (κ1) is 28.6. The van der Waals surface area contributed by atoms with Crippen LogP contribution in [-0.2, 0) is 11.2 Å². The number of hydrogen-bond donors (Lipinski definition) is 1. The van der Waals surface area contributed by atoms with Crippen molar-refractivity contribution in [3.63, 3.8) is 0 Å². The average Bonchev–Trinajstić information content (AvgIpc) is 3.80. The van der Waals surface area contributed by atoms with Crippen LogP contribution in [-0.4, -0.2) is 37.9 Å². The standard InChI is InChI=1S/C28H25F2N5O2S.2H2S/c1-13-17-10-25(30)38-24(17)6-7-34(13)28(37)22-11-23(14-2-3-14)35-26(32-22)12-21(33-35)16-5-4-15(8-20(16)29)18-9-19(18)27(31)36;;/h4-5,8,10-14,18-19H,2-3,6-7,9H2,1H3,(H2,31,36);2*1H2/t13-,18-,19+;;/m1../s1. The summed E-state index contributed by atoms with van der Waals surface area (Å²) < 4.78 is 30.8. The Kier molecular flexibility index (Phi) is 7.47. The number of hydrogen-bond acceptors (Lipinski definition) is 5. The van der Waals surface area contributed by atoms with Crippen LogP contribution in [0.1, 0.15) is 76.3 Å². The van der Waals surface area contributed by atoms with E-state index in [1.54, 1.807) is 27.6 Å². The summed E-state index contributed by atoms with van der Waals surface area (Å²) >= 11 is 1.15. The van der Waals surface area contributed by atoms with Crippen LogP contribution in [0.3, 0.4) is 0 Å². The lowest BCUT2D eigenvalue weighted by Gasteiger charge is -2.33. The van der Waals surface area contributed by atoms with E-state index >= 15 is 4.39 Å². The van der Waals surface area contributed by atoms with Gasteiger partial charge in [0.25, 0.3) is 5.91 Å². The van der Waals surface area contributed by atoms with E-state index in [9.17, 15) is 14.0 Å². The van der Waals surface area contributed by atoms with Gasteiger partial charge in [-0.05, 0) is 73.9 Å². The van der Waals surface area contributed by atoms with Crippen molar-refractivity contribution in [3.05, 3.63) is 74.7 Å². The average molecular weight is 602 g/mol. The molecule has 1 aromatic carbocycles. The largest absolute Gasteiger partial charge is 0.369 e. The Balaban J connectivity index is 0.00000161. The van der Waals surface area contributed by atoms with Crippen molar-refractivity contribution >= 4 is 55.8 Å². The lowest BCUT2D eigenvalue weighted by molar-refractivity contribution is -0.119. The van der Waals surface area contributed by atoms with Gasteiger partial charge in [-0.2, -0.15) is 36.5 Å². The number of amides is 2. The Morgan fingerprint density at radius 1 is 1.10 bits per heavy atom. The van der Waals surface area contributed by atoms with Crippen molar-refractivity contribution in [2.45, 2.75) is 50.5 Å². The Hall–Kier alpha value is -2.96. The molecule has 0 saturated heterocycles. The Labute approximate surface area is 247 Å². The molecule has 3 aromatic heterocycles. The molecule has 7 nitrogen and oxygen atoms in total. The summed E-state index contributed by atoms with van der Waals surface area (Å²) in [5.74, 6) is -0.982. The molecular formula is C28H29F2N5O2S3. The number of aromatic nitrogens is 3. The van der Waals surface area contributed by atoms with E-state index in [2.05, 4.69) is 10.1 Å². The summed E-state index contributed by atoms with van der Waals surface area (Å²) in [7, 11) is 0. The van der Waals surface area contributed by atoms with Crippen LogP contribution >= 0.6 is 38.3 Å². The zero-order chi connectivity index (χ0) is 26.3. The molecule has 3 aliphatic rings. The van der Waals surface area contributed by atoms with Crippen LogP contribution in [0.25, 0.3) is 16.9 Å². The Morgan fingerprint density at radius 3 is 2.55 bits per heavy atom. The van der Waals surface area contributed by atoms with Gasteiger partial charge in [0.1, 0.15) is 11.5 Å². The molecule has 2 aliphatic carbocycles. The van der Waals surface area contributed by atoms with Crippen LogP contribution in [0, 0.1) is 16.9 Å². The maximum absolute atomic E-state index is 15.2. The van der Waals surface area contributed by atoms with E-state index in [-0.39, 0.29) is 67.7 Å². The van der Waals surface area contributed by atoms with Gasteiger partial charge in [0.05, 0.1) is 11.7 Å². The number of rotatable bonds is 5. The van der Waals surface area contributed by atoms with Crippen molar-refractivity contribution < 1.29 is 18.4 Å². The zero-order valence-electron chi connectivity index (χ0n) is 21.7. The minimum atomic E-state index is -0.425. The van der Waals surface area contributed by atoms with Crippen LogP contribution in [0.4, 0.5) is 8.78 Å². The molecule has 3 atom stereocenters. The normalized spacial score (nSPS) is 21.4. The third-order valence-corrected chi connectivity index (χ3v) is 9.09. The molecular weight excluding hydrogens is 573 g/mol. The van der Waals surface area contributed by atoms with Crippen LogP contribution in [0.5, 0.6) is 0 Å². The third kappa shape index (κ3) is 4.79. The van der Waals surface area contributed by atoms with Crippen molar-refractivity contribution in [2.75, 3.05) is 6.54 Å². The van der Waals surface area contributed by atoms with Gasteiger partial charge in [-0.3, -0.25) is 9.59 Å². The fourth-order valence-electron chi connectivity index (χ4n) is 5.72. The highest BCUT2D eigenvalue weighted by Gasteiger charge is 2.43. The summed E-state index contributed by atoms with van der Waals surface area (Å²) in [4.78, 5) is 32.4. The van der Waals surface area contributed by atoms with Crippen LogP contribution in [0.2, 0.25) is 0 Å². The summed E-state index contributed by atoms with van der Waals surface area (Å²) in [6.45, 7) is 2.41. The molecule has 12 heteroatoms. The predicted molar refractivity (Wildman–Crippen MR) is 159 cm³/mol. The molecule has 40 heavy (non-hydrogen) atoms. The van der Waals surface area contributed by atoms with Gasteiger partial charge in [0, 0.05) is 40.6 Å². The molecule has 0 radical (unpaired) electrons. The van der Waals surface area contributed by atoms with Crippen LogP contribution < -0.4 is 5.73 Å². The van der Waals surface area contributed by atoms with Gasteiger partial charge >= 0.3 is 0 Å². The first-order valence-electron chi connectivity index (χ1n) is 12.9. The zero-order valence-corrected chi connectivity index (χ0v) is 24.5. The number of fused-ring (bicyclic) bond motifs is 2. The number of primary amides is 1. The summed E-state index contributed by atoms with van der Waals surface area (Å²) in [5.41, 5.74) is 9.46. The minimum Gasteiger partial charge on any atom is -0.369 e. The molecule has 0 spiro atoms. The monoisotopic (exact) mass is 601 g/mol.